The highest BCUT2D eigenvalue weighted by atomic mass is 16.5. The quantitative estimate of drug-likeness (QED) is 0.736. The van der Waals surface area contributed by atoms with Crippen LogP contribution >= 0.6 is 0 Å². The number of anilines is 1. The molecule has 2 aromatic carbocycles. The number of rotatable bonds is 5. The summed E-state index contributed by atoms with van der Waals surface area (Å²) in [7, 11) is 5.79. The van der Waals surface area contributed by atoms with E-state index in [1.807, 2.05) is 20.2 Å². The number of benzene rings is 2. The fraction of sp³-hybridized carbons (Fsp3) is 0.227. The fourth-order valence-electron chi connectivity index (χ4n) is 3.57. The van der Waals surface area contributed by atoms with Crippen molar-refractivity contribution in [3.8, 4) is 5.75 Å². The first-order valence-electron chi connectivity index (χ1n) is 9.17. The molecule has 0 saturated heterocycles. The average Bonchev–Trinajstić information content (AvgIpc) is 3.31. The summed E-state index contributed by atoms with van der Waals surface area (Å²) in [4.78, 5) is 2.10. The van der Waals surface area contributed by atoms with Crippen LogP contribution in [0.1, 0.15) is 29.4 Å². The van der Waals surface area contributed by atoms with Crippen molar-refractivity contribution in [1.82, 2.24) is 20.6 Å². The van der Waals surface area contributed by atoms with Crippen LogP contribution in [-0.2, 0) is 6.42 Å². The van der Waals surface area contributed by atoms with Crippen molar-refractivity contribution < 1.29 is 4.74 Å². The molecule has 1 heterocycles. The summed E-state index contributed by atoms with van der Waals surface area (Å²) < 4.78 is 5.45. The van der Waals surface area contributed by atoms with Gasteiger partial charge in [-0.15, -0.1) is 5.10 Å². The van der Waals surface area contributed by atoms with Crippen molar-refractivity contribution in [2.75, 3.05) is 26.1 Å². The molecule has 1 aliphatic rings. The zero-order valence-corrected chi connectivity index (χ0v) is 16.5. The minimum absolute atomic E-state index is 0.649. The van der Waals surface area contributed by atoms with Gasteiger partial charge in [-0.3, -0.25) is 0 Å². The van der Waals surface area contributed by atoms with Gasteiger partial charge >= 0.3 is 0 Å². The lowest BCUT2D eigenvalue weighted by molar-refractivity contribution is 0.414. The van der Waals surface area contributed by atoms with Crippen LogP contribution in [0.5, 0.6) is 5.75 Å². The Kier molecular flexibility index (Phi) is 4.69. The highest BCUT2D eigenvalue weighted by molar-refractivity contribution is 6.05. The maximum atomic E-state index is 5.45. The fourth-order valence-corrected chi connectivity index (χ4v) is 3.57. The summed E-state index contributed by atoms with van der Waals surface area (Å²) >= 11 is 0. The monoisotopic (exact) mass is 373 g/mol. The van der Waals surface area contributed by atoms with E-state index in [2.05, 4.69) is 74.9 Å². The second-order valence-electron chi connectivity index (χ2n) is 7.08. The molecule has 6 heteroatoms. The molecule has 0 saturated carbocycles. The number of H-pyrrole nitrogens is 1. The van der Waals surface area contributed by atoms with Crippen LogP contribution in [0.3, 0.4) is 0 Å². The minimum atomic E-state index is 0.649. The SMILES string of the molecule is COc1ccc2c(c1)C(Cc1nnn[nH]1)=C(C)C2=Cc1ccc(N(C)C)cc1. The zero-order chi connectivity index (χ0) is 19.7. The number of aromatic nitrogens is 4. The Hall–Kier alpha value is -3.41. The normalized spacial score (nSPS) is 14.5. The van der Waals surface area contributed by atoms with Gasteiger partial charge in [0.15, 0.2) is 5.82 Å². The van der Waals surface area contributed by atoms with E-state index in [0.29, 0.717) is 6.42 Å². The lowest BCUT2D eigenvalue weighted by Gasteiger charge is -2.12. The smallest absolute Gasteiger partial charge is 0.152 e. The average molecular weight is 373 g/mol. The van der Waals surface area contributed by atoms with Gasteiger partial charge in [-0.05, 0) is 81.1 Å². The van der Waals surface area contributed by atoms with Crippen LogP contribution in [0.2, 0.25) is 0 Å². The van der Waals surface area contributed by atoms with E-state index in [0.717, 1.165) is 11.6 Å². The lowest BCUT2D eigenvalue weighted by atomic mass is 10.0. The van der Waals surface area contributed by atoms with E-state index in [4.69, 9.17) is 4.74 Å². The van der Waals surface area contributed by atoms with E-state index in [9.17, 15) is 0 Å². The van der Waals surface area contributed by atoms with Crippen LogP contribution in [-0.4, -0.2) is 41.8 Å². The van der Waals surface area contributed by atoms with E-state index in [-0.39, 0.29) is 0 Å². The molecule has 1 aromatic heterocycles. The number of hydrogen-bond donors (Lipinski definition) is 1. The predicted molar refractivity (Wildman–Crippen MR) is 112 cm³/mol. The maximum Gasteiger partial charge on any atom is 0.152 e. The number of methoxy groups -OCH3 is 1. The van der Waals surface area contributed by atoms with Gasteiger partial charge in [0.2, 0.25) is 0 Å². The molecule has 28 heavy (non-hydrogen) atoms. The molecule has 0 atom stereocenters. The van der Waals surface area contributed by atoms with Gasteiger partial charge in [-0.1, -0.05) is 18.2 Å². The summed E-state index contributed by atoms with van der Waals surface area (Å²) in [6, 6.07) is 14.8. The zero-order valence-electron chi connectivity index (χ0n) is 16.5. The number of ether oxygens (including phenoxy) is 1. The number of hydrogen-bond acceptors (Lipinski definition) is 5. The van der Waals surface area contributed by atoms with Crippen LogP contribution in [0.15, 0.2) is 48.0 Å². The number of tetrazole rings is 1. The van der Waals surface area contributed by atoms with E-state index < -0.39 is 0 Å². The molecule has 142 valence electrons. The highest BCUT2D eigenvalue weighted by Gasteiger charge is 2.25. The van der Waals surface area contributed by atoms with Gasteiger partial charge in [-0.2, -0.15) is 0 Å². The van der Waals surface area contributed by atoms with E-state index in [1.165, 1.54) is 39.1 Å². The van der Waals surface area contributed by atoms with Crippen molar-refractivity contribution in [3.05, 3.63) is 70.6 Å². The molecule has 1 aliphatic carbocycles. The van der Waals surface area contributed by atoms with Crippen LogP contribution in [0.4, 0.5) is 5.69 Å². The maximum absolute atomic E-state index is 5.45. The highest BCUT2D eigenvalue weighted by Crippen LogP contribution is 2.44. The van der Waals surface area contributed by atoms with Gasteiger partial charge in [0.25, 0.3) is 0 Å². The minimum Gasteiger partial charge on any atom is -0.497 e. The molecular formula is C22H23N5O. The van der Waals surface area contributed by atoms with Gasteiger partial charge < -0.3 is 9.64 Å². The summed E-state index contributed by atoms with van der Waals surface area (Å²) in [5, 5.41) is 14.3. The third kappa shape index (κ3) is 3.29. The Balaban J connectivity index is 1.79. The first-order chi connectivity index (χ1) is 13.6. The second-order valence-corrected chi connectivity index (χ2v) is 7.08. The number of allylic oxidation sites excluding steroid dienone is 3. The number of nitrogens with zero attached hydrogens (tertiary/aromatic N) is 4. The Morgan fingerprint density at radius 3 is 2.50 bits per heavy atom. The molecule has 0 amide bonds. The van der Waals surface area contributed by atoms with Gasteiger partial charge in [0.05, 0.1) is 7.11 Å². The number of aromatic amines is 1. The number of nitrogens with one attached hydrogen (secondary N) is 1. The van der Waals surface area contributed by atoms with Crippen LogP contribution in [0, 0.1) is 0 Å². The van der Waals surface area contributed by atoms with Gasteiger partial charge in [0, 0.05) is 26.2 Å². The van der Waals surface area contributed by atoms with Crippen LogP contribution < -0.4 is 9.64 Å². The predicted octanol–water partition coefficient (Wildman–Crippen LogP) is 3.84. The standard InChI is InChI=1S/C22H23N5O/c1-14-19(11-15-5-7-16(8-6-15)27(2)3)18-10-9-17(28-4)12-21(18)20(14)13-22-23-25-26-24-22/h5-12H,13H2,1-4H3,(H,23,24,25,26). The Morgan fingerprint density at radius 1 is 1.07 bits per heavy atom. The molecule has 0 bridgehead atoms. The molecule has 6 nitrogen and oxygen atoms in total. The molecule has 1 N–H and O–H groups in total. The first-order valence-corrected chi connectivity index (χ1v) is 9.17. The second kappa shape index (κ2) is 7.31. The lowest BCUT2D eigenvalue weighted by Crippen LogP contribution is -2.07. The third-order valence-corrected chi connectivity index (χ3v) is 5.15. The molecule has 0 radical (unpaired) electrons. The van der Waals surface area contributed by atoms with Crippen molar-refractivity contribution in [2.45, 2.75) is 13.3 Å². The van der Waals surface area contributed by atoms with Gasteiger partial charge in [-0.25, -0.2) is 5.10 Å². The van der Waals surface area contributed by atoms with Crippen molar-refractivity contribution in [3.63, 3.8) is 0 Å². The Morgan fingerprint density at radius 2 is 1.86 bits per heavy atom. The molecule has 3 aromatic rings. The summed E-state index contributed by atoms with van der Waals surface area (Å²) in [6.45, 7) is 2.16. The molecule has 0 spiro atoms. The molecule has 4 rings (SSSR count). The third-order valence-electron chi connectivity index (χ3n) is 5.15. The Bertz CT molecular complexity index is 1050. The topological polar surface area (TPSA) is 66.9 Å². The van der Waals surface area contributed by atoms with Crippen molar-refractivity contribution in [2.24, 2.45) is 0 Å². The summed E-state index contributed by atoms with van der Waals surface area (Å²) in [5.74, 6) is 1.59. The summed E-state index contributed by atoms with van der Waals surface area (Å²) in [5.41, 5.74) is 8.40. The molecular weight excluding hydrogens is 350 g/mol. The molecule has 0 aliphatic heterocycles. The molecule has 0 fully saturated rings. The molecule has 0 unspecified atom stereocenters. The van der Waals surface area contributed by atoms with E-state index >= 15 is 0 Å². The van der Waals surface area contributed by atoms with Crippen LogP contribution in [0.25, 0.3) is 17.2 Å². The van der Waals surface area contributed by atoms with Crippen molar-refractivity contribution >= 4 is 22.9 Å². The van der Waals surface area contributed by atoms with Crippen molar-refractivity contribution in [1.29, 1.82) is 0 Å². The van der Waals surface area contributed by atoms with E-state index in [1.54, 1.807) is 7.11 Å². The van der Waals surface area contributed by atoms with Gasteiger partial charge in [0.1, 0.15) is 5.75 Å². The number of fused-ring (bicyclic) bond motifs is 1. The first kappa shape index (κ1) is 18.0. The largest absolute Gasteiger partial charge is 0.497 e. The Labute approximate surface area is 164 Å². The summed E-state index contributed by atoms with van der Waals surface area (Å²) in [6.07, 6.45) is 2.89.